The van der Waals surface area contributed by atoms with Gasteiger partial charge in [-0.15, -0.1) is 0 Å². The average Bonchev–Trinajstić information content (AvgIpc) is 3.24. The van der Waals surface area contributed by atoms with Crippen LogP contribution in [0, 0.1) is 32.6 Å². The Bertz CT molecular complexity index is 1190. The molecule has 2 aromatic rings. The number of hydrogen-bond acceptors (Lipinski definition) is 5. The lowest BCUT2D eigenvalue weighted by atomic mass is 9.86. The molecule has 5 atom stereocenters. The minimum absolute atomic E-state index is 0.00949. The summed E-state index contributed by atoms with van der Waals surface area (Å²) < 4.78 is 18.5. The van der Waals surface area contributed by atoms with Crippen molar-refractivity contribution in [3.63, 3.8) is 0 Å². The van der Waals surface area contributed by atoms with Crippen LogP contribution >= 0.6 is 11.6 Å². The van der Waals surface area contributed by atoms with Gasteiger partial charge in [0.2, 0.25) is 0 Å². The van der Waals surface area contributed by atoms with E-state index in [0.717, 1.165) is 39.8 Å². The second kappa shape index (κ2) is 11.1. The second-order valence-corrected chi connectivity index (χ2v) is 11.2. The molecule has 2 aliphatic heterocycles. The number of carbonyl (C=O) groups is 2. The van der Waals surface area contributed by atoms with Crippen LogP contribution in [0.25, 0.3) is 0 Å². The van der Waals surface area contributed by atoms with Gasteiger partial charge in [-0.05, 0) is 68.7 Å². The Hall–Kier alpha value is -2.47. The first-order valence-corrected chi connectivity index (χ1v) is 13.5. The molecule has 1 spiro atoms. The van der Waals surface area contributed by atoms with Crippen LogP contribution in [0.1, 0.15) is 79.4 Å². The lowest BCUT2D eigenvalue weighted by Gasteiger charge is -2.30. The van der Waals surface area contributed by atoms with Gasteiger partial charge in [-0.1, -0.05) is 73.5 Å². The van der Waals surface area contributed by atoms with Gasteiger partial charge in [0.05, 0.1) is 6.61 Å². The lowest BCUT2D eigenvalue weighted by Crippen LogP contribution is -2.47. The number of benzene rings is 2. The number of aryl methyl sites for hydroxylation is 3. The fourth-order valence-electron chi connectivity index (χ4n) is 5.62. The Morgan fingerprint density at radius 2 is 1.76 bits per heavy atom. The molecule has 0 radical (unpaired) electrons. The van der Waals surface area contributed by atoms with Crippen molar-refractivity contribution in [1.29, 1.82) is 0 Å². The highest BCUT2D eigenvalue weighted by Crippen LogP contribution is 2.42. The summed E-state index contributed by atoms with van der Waals surface area (Å²) in [6.07, 6.45) is 2.34. The van der Waals surface area contributed by atoms with Crippen LogP contribution in [0.4, 0.5) is 0 Å². The third-order valence-corrected chi connectivity index (χ3v) is 7.66. The number of esters is 1. The number of carbonyl (C=O) groups excluding carboxylic acids is 2. The minimum Gasteiger partial charge on any atom is -0.457 e. The number of halogens is 1. The number of rotatable bonds is 2. The maximum atomic E-state index is 14.0. The Balaban J connectivity index is 1.73. The smallest absolute Gasteiger partial charge is 0.316 e. The molecule has 4 rings (SSSR count). The van der Waals surface area contributed by atoms with Crippen molar-refractivity contribution in [3.05, 3.63) is 80.9 Å². The van der Waals surface area contributed by atoms with E-state index in [4.69, 9.17) is 25.8 Å². The van der Waals surface area contributed by atoms with E-state index in [1.54, 1.807) is 6.92 Å². The maximum absolute atomic E-state index is 14.0. The van der Waals surface area contributed by atoms with Crippen LogP contribution in [0.2, 0.25) is 0 Å². The summed E-state index contributed by atoms with van der Waals surface area (Å²) in [5.41, 5.74) is 4.79. The zero-order chi connectivity index (χ0) is 26.9. The van der Waals surface area contributed by atoms with E-state index in [9.17, 15) is 9.59 Å². The van der Waals surface area contributed by atoms with Gasteiger partial charge >= 0.3 is 5.97 Å². The predicted octanol–water partition coefficient (Wildman–Crippen LogP) is 7.00. The van der Waals surface area contributed by atoms with Gasteiger partial charge in [0.25, 0.3) is 0 Å². The molecule has 1 saturated heterocycles. The van der Waals surface area contributed by atoms with Crippen molar-refractivity contribution >= 4 is 23.4 Å². The maximum Gasteiger partial charge on any atom is 0.316 e. The van der Waals surface area contributed by atoms with Crippen molar-refractivity contribution in [2.45, 2.75) is 78.8 Å². The van der Waals surface area contributed by atoms with E-state index in [1.807, 2.05) is 45.9 Å². The molecule has 37 heavy (non-hydrogen) atoms. The molecule has 0 N–H and O–H groups in total. The van der Waals surface area contributed by atoms with Gasteiger partial charge in [0.1, 0.15) is 12.0 Å². The number of fused-ring (bicyclic) bond motifs is 2. The molecule has 0 aliphatic carbocycles. The van der Waals surface area contributed by atoms with Gasteiger partial charge in [-0.25, -0.2) is 0 Å². The third kappa shape index (κ3) is 5.84. The van der Waals surface area contributed by atoms with E-state index in [1.165, 1.54) is 0 Å². The number of allylic oxidation sites excluding steroid dienone is 1. The van der Waals surface area contributed by atoms with Crippen LogP contribution in [0.5, 0.6) is 0 Å². The predicted molar refractivity (Wildman–Crippen MR) is 144 cm³/mol. The highest BCUT2D eigenvalue weighted by atomic mass is 35.5. The summed E-state index contributed by atoms with van der Waals surface area (Å²) in [6, 6.07) is 12.2. The first-order chi connectivity index (χ1) is 17.5. The molecule has 1 fully saturated rings. The normalized spacial score (nSPS) is 30.5. The fourth-order valence-corrected chi connectivity index (χ4v) is 6.05. The van der Waals surface area contributed by atoms with E-state index in [0.29, 0.717) is 11.5 Å². The molecular weight excluding hydrogens is 488 g/mol. The van der Waals surface area contributed by atoms with Gasteiger partial charge in [0, 0.05) is 17.0 Å². The molecule has 5 nitrogen and oxygen atoms in total. The summed E-state index contributed by atoms with van der Waals surface area (Å²) in [7, 11) is 0. The largest absolute Gasteiger partial charge is 0.457 e. The summed E-state index contributed by atoms with van der Waals surface area (Å²) >= 11 is 6.76. The standard InChI is InChI=1S/C31H37ClO5/c1-7-26-24-10-8-9-23(15-24)13-19(3)14-25(32)16-31(28(33)22(6)29(34)36-26)17-35-30(37-31)27-20(4)11-18(2)12-21(27)5/h8-12,14-15,19,22,26,30H,7,13,16-17H2,1-6H3/b25-14+/t19-,22+,26-,30+,31+/m0/s1. The third-order valence-electron chi connectivity index (χ3n) is 7.40. The number of hydrogen-bond donors (Lipinski definition) is 0. The van der Waals surface area contributed by atoms with Crippen molar-refractivity contribution in [2.24, 2.45) is 11.8 Å². The van der Waals surface area contributed by atoms with Crippen LogP contribution in [0.15, 0.2) is 47.5 Å². The monoisotopic (exact) mass is 524 g/mol. The molecule has 0 unspecified atom stereocenters. The summed E-state index contributed by atoms with van der Waals surface area (Å²) in [4.78, 5) is 27.2. The van der Waals surface area contributed by atoms with Crippen LogP contribution in [-0.4, -0.2) is 24.0 Å². The van der Waals surface area contributed by atoms with Gasteiger partial charge in [-0.2, -0.15) is 0 Å². The van der Waals surface area contributed by atoms with E-state index < -0.39 is 29.9 Å². The molecular formula is C31H37ClO5. The highest BCUT2D eigenvalue weighted by molar-refractivity contribution is 6.30. The van der Waals surface area contributed by atoms with Crippen LogP contribution in [0.3, 0.4) is 0 Å². The van der Waals surface area contributed by atoms with Crippen molar-refractivity contribution in [1.82, 2.24) is 0 Å². The molecule has 2 bridgehead atoms. The minimum atomic E-state index is -1.39. The van der Waals surface area contributed by atoms with Gasteiger partial charge < -0.3 is 14.2 Å². The zero-order valence-electron chi connectivity index (χ0n) is 22.6. The zero-order valence-corrected chi connectivity index (χ0v) is 23.4. The van der Waals surface area contributed by atoms with Crippen molar-refractivity contribution < 1.29 is 23.8 Å². The summed E-state index contributed by atoms with van der Waals surface area (Å²) in [6.45, 7) is 11.7. The number of Topliss-reactive ketones (excluding diaryl/α,β-unsaturated/α-hetero) is 1. The number of ether oxygens (including phenoxy) is 3. The molecule has 6 heteroatoms. The summed E-state index contributed by atoms with van der Waals surface area (Å²) in [5, 5.41) is 0.516. The molecule has 198 valence electrons. The van der Waals surface area contributed by atoms with Crippen LogP contribution in [-0.2, 0) is 30.2 Å². The fraction of sp³-hybridized carbons (Fsp3) is 0.484. The average molecular weight is 525 g/mol. The molecule has 0 aromatic heterocycles. The first kappa shape index (κ1) is 27.6. The van der Waals surface area contributed by atoms with E-state index in [-0.39, 0.29) is 24.7 Å². The Morgan fingerprint density at radius 1 is 1.05 bits per heavy atom. The van der Waals surface area contributed by atoms with Gasteiger partial charge in [-0.3, -0.25) is 9.59 Å². The Kier molecular flexibility index (Phi) is 8.27. The number of ketones is 1. The lowest BCUT2D eigenvalue weighted by molar-refractivity contribution is -0.164. The molecule has 0 amide bonds. The van der Waals surface area contributed by atoms with Crippen molar-refractivity contribution in [3.8, 4) is 0 Å². The molecule has 2 aromatic carbocycles. The summed E-state index contributed by atoms with van der Waals surface area (Å²) in [5.74, 6) is -1.84. The quantitative estimate of drug-likeness (QED) is 0.312. The van der Waals surface area contributed by atoms with E-state index in [2.05, 4.69) is 31.2 Å². The second-order valence-electron chi connectivity index (χ2n) is 10.7. The SMILES string of the molecule is CC[C@@H]1OC(=O)[C@H](C)C(=O)[C@]2(CO[C@@H](c3c(C)cc(C)cc3C)O2)C/C(Cl)=C\[C@@H](C)Cc2cccc1c2. The first-order valence-electron chi connectivity index (χ1n) is 13.1. The molecule has 0 saturated carbocycles. The number of cyclic esters (lactones) is 1. The molecule has 2 heterocycles. The van der Waals surface area contributed by atoms with Crippen LogP contribution < -0.4 is 0 Å². The Labute approximate surface area is 225 Å². The molecule has 2 aliphatic rings. The van der Waals surface area contributed by atoms with Crippen molar-refractivity contribution in [2.75, 3.05) is 6.61 Å². The highest BCUT2D eigenvalue weighted by Gasteiger charge is 2.52. The topological polar surface area (TPSA) is 61.8 Å². The van der Waals surface area contributed by atoms with Gasteiger partial charge in [0.15, 0.2) is 17.7 Å². The van der Waals surface area contributed by atoms with E-state index >= 15 is 0 Å². The Morgan fingerprint density at radius 3 is 2.43 bits per heavy atom.